The molecule has 1 aromatic rings. The number of likely N-dealkylation sites (tertiary alicyclic amines) is 1. The maximum atomic E-state index is 12.1. The van der Waals surface area contributed by atoms with E-state index in [9.17, 15) is 14.7 Å². The van der Waals surface area contributed by atoms with Gasteiger partial charge in [0, 0.05) is 6.54 Å². The van der Waals surface area contributed by atoms with Crippen molar-refractivity contribution in [3.8, 4) is 0 Å². The van der Waals surface area contributed by atoms with Crippen LogP contribution in [0.5, 0.6) is 0 Å². The van der Waals surface area contributed by atoms with Gasteiger partial charge in [-0.1, -0.05) is 6.92 Å². The minimum Gasteiger partial charge on any atom is -0.480 e. The van der Waals surface area contributed by atoms with Gasteiger partial charge in [0.15, 0.2) is 5.69 Å². The number of nitrogens with zero attached hydrogens (tertiary/aromatic N) is 3. The van der Waals surface area contributed by atoms with Crippen LogP contribution in [0.25, 0.3) is 0 Å². The van der Waals surface area contributed by atoms with Crippen LogP contribution in [0.15, 0.2) is 6.20 Å². The van der Waals surface area contributed by atoms with Crippen LogP contribution in [0.4, 0.5) is 0 Å². The van der Waals surface area contributed by atoms with E-state index in [2.05, 4.69) is 15.4 Å². The van der Waals surface area contributed by atoms with Gasteiger partial charge >= 0.3 is 5.97 Å². The van der Waals surface area contributed by atoms with Gasteiger partial charge in [0.1, 0.15) is 6.04 Å². The molecule has 2 atom stereocenters. The maximum Gasteiger partial charge on any atom is 0.326 e. The zero-order valence-corrected chi connectivity index (χ0v) is 9.46. The fraction of sp³-hybridized carbons (Fsp3) is 0.600. The molecule has 2 N–H and O–H groups in total. The van der Waals surface area contributed by atoms with Crippen LogP contribution in [0, 0.1) is 5.92 Å². The Morgan fingerprint density at radius 3 is 2.94 bits per heavy atom. The number of carbonyl (C=O) groups is 2. The quantitative estimate of drug-likeness (QED) is 0.763. The highest BCUT2D eigenvalue weighted by atomic mass is 16.4. The van der Waals surface area contributed by atoms with Crippen LogP contribution in [-0.2, 0) is 4.79 Å². The van der Waals surface area contributed by atoms with Gasteiger partial charge in [0.2, 0.25) is 0 Å². The van der Waals surface area contributed by atoms with Crippen LogP contribution >= 0.6 is 0 Å². The van der Waals surface area contributed by atoms with E-state index in [-0.39, 0.29) is 17.5 Å². The van der Waals surface area contributed by atoms with E-state index in [4.69, 9.17) is 0 Å². The number of carboxylic acid groups (broad SMARTS) is 1. The van der Waals surface area contributed by atoms with Crippen molar-refractivity contribution in [1.82, 2.24) is 20.3 Å². The smallest absolute Gasteiger partial charge is 0.326 e. The van der Waals surface area contributed by atoms with Crippen LogP contribution in [0.3, 0.4) is 0 Å². The summed E-state index contributed by atoms with van der Waals surface area (Å²) in [6, 6.07) is -0.770. The van der Waals surface area contributed by atoms with E-state index in [1.165, 1.54) is 11.1 Å². The second-order valence-electron chi connectivity index (χ2n) is 4.26. The Morgan fingerprint density at radius 2 is 2.35 bits per heavy atom. The summed E-state index contributed by atoms with van der Waals surface area (Å²) in [6.07, 6.45) is 2.94. The minimum absolute atomic E-state index is 0.0444. The van der Waals surface area contributed by atoms with Crippen molar-refractivity contribution in [3.05, 3.63) is 11.9 Å². The molecule has 1 aliphatic heterocycles. The van der Waals surface area contributed by atoms with Crippen molar-refractivity contribution in [2.75, 3.05) is 6.54 Å². The van der Waals surface area contributed by atoms with Gasteiger partial charge in [0.05, 0.1) is 6.20 Å². The summed E-state index contributed by atoms with van der Waals surface area (Å²) >= 11 is 0. The Balaban J connectivity index is 2.23. The van der Waals surface area contributed by atoms with Crippen molar-refractivity contribution in [3.63, 3.8) is 0 Å². The predicted molar refractivity (Wildman–Crippen MR) is 57.2 cm³/mol. The number of carboxylic acids is 1. The highest BCUT2D eigenvalue weighted by molar-refractivity contribution is 5.94. The first-order valence-electron chi connectivity index (χ1n) is 5.51. The maximum absolute atomic E-state index is 12.1. The number of nitrogens with one attached hydrogen (secondary N) is 1. The van der Waals surface area contributed by atoms with Gasteiger partial charge in [0.25, 0.3) is 5.91 Å². The zero-order valence-electron chi connectivity index (χ0n) is 9.46. The van der Waals surface area contributed by atoms with E-state index >= 15 is 0 Å². The number of amides is 1. The second kappa shape index (κ2) is 4.52. The number of aliphatic carboxylic acids is 1. The molecular weight excluding hydrogens is 224 g/mol. The Bertz CT molecular complexity index is 417. The van der Waals surface area contributed by atoms with Crippen molar-refractivity contribution in [2.45, 2.75) is 25.8 Å². The van der Waals surface area contributed by atoms with Gasteiger partial charge in [-0.2, -0.15) is 15.4 Å². The fourth-order valence-electron chi connectivity index (χ4n) is 2.24. The molecule has 1 aromatic heterocycles. The van der Waals surface area contributed by atoms with E-state index in [1.54, 1.807) is 0 Å². The molecule has 0 bridgehead atoms. The average Bonchev–Trinajstić information content (AvgIpc) is 2.80. The van der Waals surface area contributed by atoms with Crippen LogP contribution < -0.4 is 0 Å². The zero-order chi connectivity index (χ0) is 12.4. The molecule has 7 heteroatoms. The van der Waals surface area contributed by atoms with E-state index < -0.39 is 12.0 Å². The van der Waals surface area contributed by atoms with Crippen LogP contribution in [0.1, 0.15) is 30.3 Å². The first kappa shape index (κ1) is 11.6. The monoisotopic (exact) mass is 238 g/mol. The van der Waals surface area contributed by atoms with Crippen molar-refractivity contribution in [1.29, 1.82) is 0 Å². The molecule has 0 saturated carbocycles. The van der Waals surface area contributed by atoms with Crippen LogP contribution in [-0.4, -0.2) is 49.9 Å². The van der Waals surface area contributed by atoms with E-state index in [0.717, 1.165) is 12.8 Å². The number of aromatic amines is 1. The fourth-order valence-corrected chi connectivity index (χ4v) is 2.24. The van der Waals surface area contributed by atoms with Gasteiger partial charge in [-0.05, 0) is 18.8 Å². The normalized spacial score (nSPS) is 24.6. The summed E-state index contributed by atoms with van der Waals surface area (Å²) in [5.74, 6) is -1.39. The number of hydrogen-bond acceptors (Lipinski definition) is 4. The third-order valence-corrected chi connectivity index (χ3v) is 3.08. The Labute approximate surface area is 97.8 Å². The molecule has 0 spiro atoms. The summed E-state index contributed by atoms with van der Waals surface area (Å²) in [7, 11) is 0. The van der Waals surface area contributed by atoms with Crippen molar-refractivity contribution >= 4 is 11.9 Å². The highest BCUT2D eigenvalue weighted by Gasteiger charge is 2.37. The minimum atomic E-state index is -0.964. The Hall–Kier alpha value is -1.92. The van der Waals surface area contributed by atoms with Crippen LogP contribution in [0.2, 0.25) is 0 Å². The van der Waals surface area contributed by atoms with Gasteiger partial charge < -0.3 is 10.0 Å². The number of aromatic nitrogens is 3. The number of piperidine rings is 1. The number of hydrogen-bond donors (Lipinski definition) is 2. The number of rotatable bonds is 2. The molecule has 17 heavy (non-hydrogen) atoms. The van der Waals surface area contributed by atoms with Gasteiger partial charge in [-0.3, -0.25) is 4.79 Å². The van der Waals surface area contributed by atoms with Gasteiger partial charge in [-0.15, -0.1) is 0 Å². The number of H-pyrrole nitrogens is 1. The lowest BCUT2D eigenvalue weighted by Crippen LogP contribution is -2.52. The third-order valence-electron chi connectivity index (χ3n) is 3.08. The summed E-state index contributed by atoms with van der Waals surface area (Å²) in [5, 5.41) is 18.8. The summed E-state index contributed by atoms with van der Waals surface area (Å²) in [5.41, 5.74) is 0.158. The third kappa shape index (κ3) is 2.13. The average molecular weight is 238 g/mol. The van der Waals surface area contributed by atoms with Crippen molar-refractivity contribution in [2.24, 2.45) is 5.92 Å². The van der Waals surface area contributed by atoms with E-state index in [1.807, 2.05) is 6.92 Å². The predicted octanol–water partition coefficient (Wildman–Crippen LogP) is 0.130. The molecule has 2 unspecified atom stereocenters. The van der Waals surface area contributed by atoms with E-state index in [0.29, 0.717) is 6.54 Å². The summed E-state index contributed by atoms with van der Waals surface area (Å²) in [4.78, 5) is 24.6. The molecule has 0 radical (unpaired) electrons. The Kier molecular flexibility index (Phi) is 3.08. The first-order valence-corrected chi connectivity index (χ1v) is 5.51. The SMILES string of the molecule is CC1CCCN(C(=O)c2cn[nH]n2)C1C(=O)O. The molecule has 2 heterocycles. The van der Waals surface area contributed by atoms with Gasteiger partial charge in [-0.25, -0.2) is 4.79 Å². The first-order chi connectivity index (χ1) is 8.11. The summed E-state index contributed by atoms with van der Waals surface area (Å²) in [6.45, 7) is 2.30. The molecule has 2 rings (SSSR count). The molecule has 0 aliphatic carbocycles. The molecule has 7 nitrogen and oxygen atoms in total. The second-order valence-corrected chi connectivity index (χ2v) is 4.26. The highest BCUT2D eigenvalue weighted by Crippen LogP contribution is 2.24. The Morgan fingerprint density at radius 1 is 1.59 bits per heavy atom. The lowest BCUT2D eigenvalue weighted by molar-refractivity contribution is -0.145. The summed E-state index contributed by atoms with van der Waals surface area (Å²) < 4.78 is 0. The standard InChI is InChI=1S/C10H14N4O3/c1-6-3-2-4-14(8(6)10(16)17)9(15)7-5-11-13-12-7/h5-6,8H,2-4H2,1H3,(H,16,17)(H,11,12,13). The molecule has 0 aromatic carbocycles. The molecule has 1 saturated heterocycles. The lowest BCUT2D eigenvalue weighted by Gasteiger charge is -2.36. The van der Waals surface area contributed by atoms with Crippen molar-refractivity contribution < 1.29 is 14.7 Å². The molecular formula is C10H14N4O3. The lowest BCUT2D eigenvalue weighted by atomic mass is 9.90. The number of carbonyl (C=O) groups excluding carboxylic acids is 1. The molecule has 92 valence electrons. The largest absolute Gasteiger partial charge is 0.480 e. The topological polar surface area (TPSA) is 99.2 Å². The molecule has 1 aliphatic rings. The molecule has 1 amide bonds. The molecule has 1 fully saturated rings.